The van der Waals surface area contributed by atoms with Crippen molar-refractivity contribution in [2.45, 2.75) is 13.8 Å². The van der Waals surface area contributed by atoms with Crippen LogP contribution in [0.5, 0.6) is 0 Å². The van der Waals surface area contributed by atoms with Crippen LogP contribution in [-0.4, -0.2) is 13.1 Å². The highest BCUT2D eigenvalue weighted by molar-refractivity contribution is 4.72. The van der Waals surface area contributed by atoms with Gasteiger partial charge < -0.3 is 0 Å². The van der Waals surface area contributed by atoms with Gasteiger partial charge in [-0.3, -0.25) is 0 Å². The third-order valence-electron chi connectivity index (χ3n) is 1.81. The largest absolute Gasteiger partial charge is 0.241 e. The van der Waals surface area contributed by atoms with Gasteiger partial charge in [-0.1, -0.05) is 13.8 Å². The Hall–Kier alpha value is -0.0400. The minimum Gasteiger partial charge on any atom is -0.241 e. The highest BCUT2D eigenvalue weighted by Gasteiger charge is 2.18. The van der Waals surface area contributed by atoms with Crippen LogP contribution in [0.2, 0.25) is 0 Å². The van der Waals surface area contributed by atoms with Crippen LogP contribution in [0.3, 0.4) is 0 Å². The molecule has 0 bridgehead atoms. The third-order valence-corrected chi connectivity index (χ3v) is 1.81. The SMILES string of the molecule is CC1C[N]CC1C. The van der Waals surface area contributed by atoms with E-state index in [1.807, 2.05) is 0 Å². The van der Waals surface area contributed by atoms with Gasteiger partial charge in [0.2, 0.25) is 0 Å². The monoisotopic (exact) mass is 98.1 g/mol. The molecule has 1 aliphatic heterocycles. The zero-order chi connectivity index (χ0) is 5.28. The summed E-state index contributed by atoms with van der Waals surface area (Å²) in [4.78, 5) is 0. The second-order valence-electron chi connectivity index (χ2n) is 2.54. The minimum absolute atomic E-state index is 0.847. The van der Waals surface area contributed by atoms with E-state index in [-0.39, 0.29) is 0 Å². The number of hydrogen-bond acceptors (Lipinski definition) is 0. The molecule has 41 valence electrons. The fraction of sp³-hybridized carbons (Fsp3) is 1.00. The fourth-order valence-corrected chi connectivity index (χ4v) is 0.842. The maximum absolute atomic E-state index is 4.25. The van der Waals surface area contributed by atoms with Gasteiger partial charge in [-0.15, -0.1) is 0 Å². The fourth-order valence-electron chi connectivity index (χ4n) is 0.842. The summed E-state index contributed by atoms with van der Waals surface area (Å²) < 4.78 is 0. The minimum atomic E-state index is 0.847. The lowest BCUT2D eigenvalue weighted by Crippen LogP contribution is -2.01. The van der Waals surface area contributed by atoms with E-state index in [9.17, 15) is 0 Å². The normalized spacial score (nSPS) is 42.0. The maximum atomic E-state index is 4.25. The second kappa shape index (κ2) is 1.83. The molecule has 1 heteroatoms. The molecule has 0 aromatic carbocycles. The van der Waals surface area contributed by atoms with Gasteiger partial charge in [0.05, 0.1) is 0 Å². The average molecular weight is 98.2 g/mol. The molecule has 1 radical (unpaired) electrons. The van der Waals surface area contributed by atoms with E-state index in [4.69, 9.17) is 0 Å². The number of hydrogen-bond donors (Lipinski definition) is 0. The van der Waals surface area contributed by atoms with Gasteiger partial charge in [0, 0.05) is 13.1 Å². The van der Waals surface area contributed by atoms with Crippen molar-refractivity contribution in [2.75, 3.05) is 13.1 Å². The van der Waals surface area contributed by atoms with E-state index >= 15 is 0 Å². The molecule has 0 spiro atoms. The summed E-state index contributed by atoms with van der Waals surface area (Å²) in [6.07, 6.45) is 0. The van der Waals surface area contributed by atoms with Crippen molar-refractivity contribution < 1.29 is 0 Å². The number of rotatable bonds is 0. The summed E-state index contributed by atoms with van der Waals surface area (Å²) in [6.45, 7) is 6.73. The summed E-state index contributed by atoms with van der Waals surface area (Å²) in [5.74, 6) is 1.69. The average Bonchev–Trinajstić information content (AvgIpc) is 1.91. The van der Waals surface area contributed by atoms with E-state index in [0.717, 1.165) is 24.9 Å². The first kappa shape index (κ1) is 5.10. The third kappa shape index (κ3) is 0.942. The molecule has 1 saturated heterocycles. The standard InChI is InChI=1S/C6H12N/c1-5-3-7-4-6(5)2/h5-6H,3-4H2,1-2H3. The molecule has 0 saturated carbocycles. The van der Waals surface area contributed by atoms with Crippen molar-refractivity contribution in [3.63, 3.8) is 0 Å². The molecular weight excluding hydrogens is 86.1 g/mol. The summed E-state index contributed by atoms with van der Waals surface area (Å²) in [5, 5.41) is 4.25. The number of nitrogens with zero attached hydrogens (tertiary/aromatic N) is 1. The predicted molar refractivity (Wildman–Crippen MR) is 30.2 cm³/mol. The Balaban J connectivity index is 2.33. The first-order chi connectivity index (χ1) is 3.30. The van der Waals surface area contributed by atoms with Crippen molar-refractivity contribution in [3.8, 4) is 0 Å². The van der Waals surface area contributed by atoms with Crippen LogP contribution in [-0.2, 0) is 0 Å². The summed E-state index contributed by atoms with van der Waals surface area (Å²) in [7, 11) is 0. The Morgan fingerprint density at radius 1 is 1.14 bits per heavy atom. The Morgan fingerprint density at radius 2 is 1.57 bits per heavy atom. The molecule has 7 heavy (non-hydrogen) atoms. The van der Waals surface area contributed by atoms with E-state index in [0.29, 0.717) is 0 Å². The van der Waals surface area contributed by atoms with Crippen LogP contribution in [0.25, 0.3) is 0 Å². The van der Waals surface area contributed by atoms with Crippen molar-refractivity contribution in [1.29, 1.82) is 0 Å². The quantitative estimate of drug-likeness (QED) is 0.427. The lowest BCUT2D eigenvalue weighted by Gasteiger charge is -2.02. The van der Waals surface area contributed by atoms with Gasteiger partial charge in [0.1, 0.15) is 0 Å². The van der Waals surface area contributed by atoms with Crippen LogP contribution < -0.4 is 5.32 Å². The van der Waals surface area contributed by atoms with Crippen molar-refractivity contribution in [3.05, 3.63) is 0 Å². The molecule has 1 fully saturated rings. The maximum Gasteiger partial charge on any atom is 0.0162 e. The van der Waals surface area contributed by atoms with Crippen LogP contribution in [0.1, 0.15) is 13.8 Å². The first-order valence-electron chi connectivity index (χ1n) is 2.94. The molecule has 1 aliphatic rings. The molecule has 2 atom stereocenters. The molecule has 0 aromatic rings. The van der Waals surface area contributed by atoms with Crippen molar-refractivity contribution in [1.82, 2.24) is 5.32 Å². The summed E-state index contributed by atoms with van der Waals surface area (Å²) in [5.41, 5.74) is 0. The van der Waals surface area contributed by atoms with E-state index in [2.05, 4.69) is 19.2 Å². The van der Waals surface area contributed by atoms with Crippen LogP contribution >= 0.6 is 0 Å². The van der Waals surface area contributed by atoms with Gasteiger partial charge in [0.25, 0.3) is 0 Å². The Labute approximate surface area is 45.1 Å². The molecule has 0 aliphatic carbocycles. The summed E-state index contributed by atoms with van der Waals surface area (Å²) in [6, 6.07) is 0. The lowest BCUT2D eigenvalue weighted by molar-refractivity contribution is 0.494. The van der Waals surface area contributed by atoms with Crippen LogP contribution in [0.4, 0.5) is 0 Å². The van der Waals surface area contributed by atoms with Gasteiger partial charge in [0.15, 0.2) is 0 Å². The Bertz CT molecular complexity index is 53.2. The molecule has 0 N–H and O–H groups in total. The Kier molecular flexibility index (Phi) is 1.33. The summed E-state index contributed by atoms with van der Waals surface area (Å²) >= 11 is 0. The van der Waals surface area contributed by atoms with Gasteiger partial charge in [-0.25, -0.2) is 5.32 Å². The molecule has 1 heterocycles. The Morgan fingerprint density at radius 3 is 1.71 bits per heavy atom. The highest BCUT2D eigenvalue weighted by Crippen LogP contribution is 2.14. The zero-order valence-electron chi connectivity index (χ0n) is 5.02. The van der Waals surface area contributed by atoms with E-state index in [1.165, 1.54) is 0 Å². The molecule has 2 unspecified atom stereocenters. The molecule has 1 rings (SSSR count). The van der Waals surface area contributed by atoms with Crippen molar-refractivity contribution >= 4 is 0 Å². The van der Waals surface area contributed by atoms with Crippen LogP contribution in [0, 0.1) is 11.8 Å². The van der Waals surface area contributed by atoms with Gasteiger partial charge >= 0.3 is 0 Å². The zero-order valence-corrected chi connectivity index (χ0v) is 5.02. The molecule has 1 nitrogen and oxygen atoms in total. The molecular formula is C6H12N. The smallest absolute Gasteiger partial charge is 0.0162 e. The van der Waals surface area contributed by atoms with E-state index < -0.39 is 0 Å². The lowest BCUT2D eigenvalue weighted by atomic mass is 10.0. The van der Waals surface area contributed by atoms with Gasteiger partial charge in [-0.2, -0.15) is 0 Å². The molecule has 0 aromatic heterocycles. The van der Waals surface area contributed by atoms with Gasteiger partial charge in [-0.05, 0) is 11.8 Å². The van der Waals surface area contributed by atoms with Crippen molar-refractivity contribution in [2.24, 2.45) is 11.8 Å². The predicted octanol–water partition coefficient (Wildman–Crippen LogP) is 0.877. The van der Waals surface area contributed by atoms with Crippen LogP contribution in [0.15, 0.2) is 0 Å². The highest BCUT2D eigenvalue weighted by atomic mass is 14.9. The first-order valence-corrected chi connectivity index (χ1v) is 2.94. The second-order valence-corrected chi connectivity index (χ2v) is 2.54. The molecule has 0 amide bonds. The van der Waals surface area contributed by atoms with E-state index in [1.54, 1.807) is 0 Å². The topological polar surface area (TPSA) is 14.1 Å².